The summed E-state index contributed by atoms with van der Waals surface area (Å²) in [7, 11) is 0. The van der Waals surface area contributed by atoms with E-state index in [-0.39, 0.29) is 5.97 Å². The Morgan fingerprint density at radius 3 is 2.47 bits per heavy atom. The van der Waals surface area contributed by atoms with Crippen molar-refractivity contribution in [1.82, 2.24) is 0 Å². The topological polar surface area (TPSA) is 43.4 Å². The first kappa shape index (κ1) is 15.2. The number of hydrogen-bond donors (Lipinski definition) is 0. The van der Waals surface area contributed by atoms with Gasteiger partial charge >= 0.3 is 5.97 Å². The van der Waals surface area contributed by atoms with Gasteiger partial charge in [0.15, 0.2) is 0 Å². The highest BCUT2D eigenvalue weighted by Gasteiger charge is 2.04. The number of aldehydes is 1. The second kappa shape index (κ2) is 9.09. The van der Waals surface area contributed by atoms with Gasteiger partial charge in [0.2, 0.25) is 0 Å². The van der Waals surface area contributed by atoms with E-state index in [2.05, 4.69) is 6.58 Å². The average Bonchev–Trinajstić information content (AvgIpc) is 2.46. The number of carbonyl (C=O) groups excluding carboxylic acids is 2. The highest BCUT2D eigenvalue weighted by atomic mass is 16.5. The van der Waals surface area contributed by atoms with Crippen LogP contribution in [0.2, 0.25) is 0 Å². The maximum atomic E-state index is 11.6. The third-order valence-electron chi connectivity index (χ3n) is 2.80. The molecule has 0 fully saturated rings. The summed E-state index contributed by atoms with van der Waals surface area (Å²) in [5.74, 6) is -0.269. The van der Waals surface area contributed by atoms with E-state index >= 15 is 0 Å². The summed E-state index contributed by atoms with van der Waals surface area (Å²) in [6.45, 7) is 4.07. The first-order valence-electron chi connectivity index (χ1n) is 6.59. The monoisotopic (exact) mass is 260 g/mol. The summed E-state index contributed by atoms with van der Waals surface area (Å²) in [5, 5.41) is 0. The van der Waals surface area contributed by atoms with E-state index < -0.39 is 0 Å². The van der Waals surface area contributed by atoms with Crippen molar-refractivity contribution in [2.75, 3.05) is 6.61 Å². The molecule has 0 bridgehead atoms. The Kier molecular flexibility index (Phi) is 7.25. The number of carbonyl (C=O) groups is 2. The summed E-state index contributed by atoms with van der Waals surface area (Å²) in [6.07, 6.45) is 5.40. The molecule has 3 heteroatoms. The third-order valence-corrected chi connectivity index (χ3v) is 2.80. The minimum atomic E-state index is -0.269. The zero-order valence-electron chi connectivity index (χ0n) is 11.1. The van der Waals surface area contributed by atoms with E-state index in [1.165, 1.54) is 0 Å². The van der Waals surface area contributed by atoms with Crippen molar-refractivity contribution in [3.63, 3.8) is 0 Å². The standard InChI is InChI=1S/C16H20O3/c1-14(13-17)9-5-2-3-8-12-19-16(18)15-10-6-4-7-11-15/h4,6-7,10-11,13H,1-3,5,8-9,12H2. The number of allylic oxidation sites excluding steroid dienone is 1. The summed E-state index contributed by atoms with van der Waals surface area (Å²) < 4.78 is 5.16. The van der Waals surface area contributed by atoms with Crippen LogP contribution in [0.1, 0.15) is 42.5 Å². The van der Waals surface area contributed by atoms with Crippen molar-refractivity contribution in [3.8, 4) is 0 Å². The largest absolute Gasteiger partial charge is 0.462 e. The SMILES string of the molecule is C=C(C=O)CCCCCCOC(=O)c1ccccc1. The van der Waals surface area contributed by atoms with Crippen molar-refractivity contribution in [2.24, 2.45) is 0 Å². The van der Waals surface area contributed by atoms with Crippen LogP contribution in [-0.4, -0.2) is 18.9 Å². The lowest BCUT2D eigenvalue weighted by atomic mass is 10.1. The minimum Gasteiger partial charge on any atom is -0.462 e. The lowest BCUT2D eigenvalue weighted by Gasteiger charge is -2.04. The smallest absolute Gasteiger partial charge is 0.338 e. The van der Waals surface area contributed by atoms with Crippen LogP contribution in [0.3, 0.4) is 0 Å². The molecule has 0 atom stereocenters. The van der Waals surface area contributed by atoms with Gasteiger partial charge in [0.1, 0.15) is 6.29 Å². The van der Waals surface area contributed by atoms with E-state index in [4.69, 9.17) is 4.74 Å². The average molecular weight is 260 g/mol. The molecule has 0 unspecified atom stereocenters. The zero-order chi connectivity index (χ0) is 13.9. The number of hydrogen-bond acceptors (Lipinski definition) is 3. The molecule has 0 heterocycles. The molecule has 0 amide bonds. The second-order valence-electron chi connectivity index (χ2n) is 4.44. The molecule has 3 nitrogen and oxygen atoms in total. The molecule has 0 spiro atoms. The van der Waals surface area contributed by atoms with Gasteiger partial charge in [-0.2, -0.15) is 0 Å². The molecule has 0 saturated heterocycles. The van der Waals surface area contributed by atoms with E-state index in [9.17, 15) is 9.59 Å². The molecule has 102 valence electrons. The first-order chi connectivity index (χ1) is 9.24. The summed E-state index contributed by atoms with van der Waals surface area (Å²) in [5.41, 5.74) is 1.24. The van der Waals surface area contributed by atoms with Gasteiger partial charge in [-0.25, -0.2) is 4.79 Å². The minimum absolute atomic E-state index is 0.269. The molecule has 1 aromatic rings. The number of ether oxygens (including phenoxy) is 1. The molecule has 1 aromatic carbocycles. The van der Waals surface area contributed by atoms with Gasteiger partial charge in [-0.3, -0.25) is 4.79 Å². The molecule has 1 rings (SSSR count). The fourth-order valence-electron chi connectivity index (χ4n) is 1.69. The van der Waals surface area contributed by atoms with Crippen LogP contribution in [0.25, 0.3) is 0 Å². The van der Waals surface area contributed by atoms with Gasteiger partial charge in [-0.1, -0.05) is 37.6 Å². The molecule has 0 aliphatic rings. The number of benzene rings is 1. The number of unbranched alkanes of at least 4 members (excludes halogenated alkanes) is 3. The normalized spacial score (nSPS) is 9.89. The van der Waals surface area contributed by atoms with Crippen molar-refractivity contribution >= 4 is 12.3 Å². The first-order valence-corrected chi connectivity index (χ1v) is 6.59. The van der Waals surface area contributed by atoms with E-state index in [0.717, 1.165) is 38.4 Å². The Balaban J connectivity index is 2.04. The van der Waals surface area contributed by atoms with Crippen LogP contribution in [0.4, 0.5) is 0 Å². The number of esters is 1. The van der Waals surface area contributed by atoms with Gasteiger partial charge in [-0.05, 0) is 37.0 Å². The van der Waals surface area contributed by atoms with Crippen LogP contribution in [0.5, 0.6) is 0 Å². The van der Waals surface area contributed by atoms with Gasteiger partial charge in [0.25, 0.3) is 0 Å². The lowest BCUT2D eigenvalue weighted by molar-refractivity contribution is -0.105. The molecule has 0 aliphatic heterocycles. The molecule has 0 radical (unpaired) electrons. The van der Waals surface area contributed by atoms with Crippen LogP contribution in [0, 0.1) is 0 Å². The van der Waals surface area contributed by atoms with Crippen molar-refractivity contribution in [2.45, 2.75) is 32.1 Å². The summed E-state index contributed by atoms with van der Waals surface area (Å²) in [6, 6.07) is 8.98. The van der Waals surface area contributed by atoms with Crippen molar-refractivity contribution in [1.29, 1.82) is 0 Å². The fraction of sp³-hybridized carbons (Fsp3) is 0.375. The van der Waals surface area contributed by atoms with Crippen LogP contribution >= 0.6 is 0 Å². The van der Waals surface area contributed by atoms with Gasteiger partial charge in [0, 0.05) is 0 Å². The van der Waals surface area contributed by atoms with E-state index in [1.807, 2.05) is 18.2 Å². The van der Waals surface area contributed by atoms with Crippen LogP contribution in [-0.2, 0) is 9.53 Å². The Hall–Kier alpha value is -1.90. The highest BCUT2D eigenvalue weighted by molar-refractivity contribution is 5.89. The summed E-state index contributed by atoms with van der Waals surface area (Å²) >= 11 is 0. The van der Waals surface area contributed by atoms with E-state index in [0.29, 0.717) is 17.7 Å². The van der Waals surface area contributed by atoms with Crippen molar-refractivity contribution < 1.29 is 14.3 Å². The Morgan fingerprint density at radius 1 is 1.11 bits per heavy atom. The van der Waals surface area contributed by atoms with E-state index in [1.54, 1.807) is 12.1 Å². The number of rotatable bonds is 9. The molecule has 0 saturated carbocycles. The van der Waals surface area contributed by atoms with Crippen molar-refractivity contribution in [3.05, 3.63) is 48.0 Å². The quantitative estimate of drug-likeness (QED) is 0.295. The fourth-order valence-corrected chi connectivity index (χ4v) is 1.69. The Morgan fingerprint density at radius 2 is 1.79 bits per heavy atom. The predicted molar refractivity (Wildman–Crippen MR) is 75.0 cm³/mol. The molecule has 19 heavy (non-hydrogen) atoms. The maximum absolute atomic E-state index is 11.6. The van der Waals surface area contributed by atoms with Crippen LogP contribution < -0.4 is 0 Å². The molecular weight excluding hydrogens is 240 g/mol. The highest BCUT2D eigenvalue weighted by Crippen LogP contribution is 2.08. The Labute approximate surface area is 114 Å². The van der Waals surface area contributed by atoms with Crippen LogP contribution in [0.15, 0.2) is 42.5 Å². The zero-order valence-corrected chi connectivity index (χ0v) is 11.1. The van der Waals surface area contributed by atoms with Gasteiger partial charge in [-0.15, -0.1) is 0 Å². The molecule has 0 aromatic heterocycles. The molecular formula is C16H20O3. The Bertz CT molecular complexity index is 409. The predicted octanol–water partition coefficient (Wildman–Crippen LogP) is 3.55. The maximum Gasteiger partial charge on any atom is 0.338 e. The molecule has 0 N–H and O–H groups in total. The summed E-state index contributed by atoms with van der Waals surface area (Å²) in [4.78, 5) is 21.9. The second-order valence-corrected chi connectivity index (χ2v) is 4.44. The molecule has 0 aliphatic carbocycles. The lowest BCUT2D eigenvalue weighted by Crippen LogP contribution is -2.06. The van der Waals surface area contributed by atoms with Gasteiger partial charge < -0.3 is 4.74 Å². The third kappa shape index (κ3) is 6.55. The van der Waals surface area contributed by atoms with Gasteiger partial charge in [0.05, 0.1) is 12.2 Å².